The van der Waals surface area contributed by atoms with Crippen molar-refractivity contribution in [2.45, 2.75) is 4.90 Å². The van der Waals surface area contributed by atoms with Crippen LogP contribution in [0.2, 0.25) is 0 Å². The van der Waals surface area contributed by atoms with Gasteiger partial charge in [0.1, 0.15) is 6.54 Å². The van der Waals surface area contributed by atoms with Crippen LogP contribution in [0.4, 0.5) is 10.5 Å². The van der Waals surface area contributed by atoms with Gasteiger partial charge in [0.15, 0.2) is 0 Å². The van der Waals surface area contributed by atoms with Crippen LogP contribution in [0.5, 0.6) is 0 Å². The fourth-order valence-electron chi connectivity index (χ4n) is 1.52. The lowest BCUT2D eigenvalue weighted by Crippen LogP contribution is -2.40. The molecule has 110 valence electrons. The lowest BCUT2D eigenvalue weighted by Gasteiger charge is -2.20. The van der Waals surface area contributed by atoms with E-state index in [9.17, 15) is 9.59 Å². The third-order valence-electron chi connectivity index (χ3n) is 2.50. The Morgan fingerprint density at radius 1 is 1.45 bits per heavy atom. The van der Waals surface area contributed by atoms with Gasteiger partial charge in [0.25, 0.3) is 0 Å². The summed E-state index contributed by atoms with van der Waals surface area (Å²) in [7, 11) is 1.50. The van der Waals surface area contributed by atoms with Gasteiger partial charge in [0, 0.05) is 24.2 Å². The quantitative estimate of drug-likeness (QED) is 0.752. The number of anilines is 1. The molecule has 0 aliphatic carbocycles. The molecule has 7 heteroatoms. The molecule has 1 rings (SSSR count). The van der Waals surface area contributed by atoms with Gasteiger partial charge in [-0.1, -0.05) is 6.07 Å². The summed E-state index contributed by atoms with van der Waals surface area (Å²) < 4.78 is 4.87. The van der Waals surface area contributed by atoms with Crippen molar-refractivity contribution in [1.29, 1.82) is 0 Å². The van der Waals surface area contributed by atoms with E-state index in [1.54, 1.807) is 17.8 Å². The third kappa shape index (κ3) is 5.50. The molecule has 1 aromatic carbocycles. The molecule has 2 amide bonds. The number of methoxy groups -OCH3 is 1. The average molecular weight is 298 g/mol. The summed E-state index contributed by atoms with van der Waals surface area (Å²) >= 11 is 1.56. The Kier molecular flexibility index (Phi) is 6.89. The average Bonchev–Trinajstić information content (AvgIpc) is 2.43. The summed E-state index contributed by atoms with van der Waals surface area (Å²) in [5.41, 5.74) is 0.634. The number of carbonyl (C=O) groups is 2. The molecule has 0 fully saturated rings. The number of aliphatic carboxylic acids is 1. The van der Waals surface area contributed by atoms with Gasteiger partial charge in [0.2, 0.25) is 0 Å². The number of carboxylic acids is 1. The van der Waals surface area contributed by atoms with Crippen molar-refractivity contribution >= 4 is 29.4 Å². The number of nitrogens with zero attached hydrogens (tertiary/aromatic N) is 1. The minimum Gasteiger partial charge on any atom is -0.480 e. The van der Waals surface area contributed by atoms with Crippen molar-refractivity contribution in [3.8, 4) is 0 Å². The second-order valence-corrected chi connectivity index (χ2v) is 4.85. The molecule has 2 N–H and O–H groups in total. The lowest BCUT2D eigenvalue weighted by molar-refractivity contribution is -0.137. The van der Waals surface area contributed by atoms with Crippen LogP contribution in [0.25, 0.3) is 0 Å². The van der Waals surface area contributed by atoms with Crippen LogP contribution in [0, 0.1) is 0 Å². The molecule has 1 aromatic rings. The van der Waals surface area contributed by atoms with Crippen molar-refractivity contribution in [3.05, 3.63) is 24.3 Å². The highest BCUT2D eigenvalue weighted by Gasteiger charge is 2.16. The number of carboxylic acid groups (broad SMARTS) is 1. The number of carbonyl (C=O) groups excluding carboxylic acids is 1. The number of rotatable bonds is 7. The Hall–Kier alpha value is -1.73. The van der Waals surface area contributed by atoms with Gasteiger partial charge in [0.05, 0.1) is 6.61 Å². The van der Waals surface area contributed by atoms with Gasteiger partial charge in [-0.2, -0.15) is 0 Å². The van der Waals surface area contributed by atoms with Crippen molar-refractivity contribution in [2.24, 2.45) is 0 Å². The summed E-state index contributed by atoms with van der Waals surface area (Å²) in [6.45, 7) is 0.139. The Morgan fingerprint density at radius 3 is 2.80 bits per heavy atom. The molecular formula is C13H18N2O4S. The van der Waals surface area contributed by atoms with E-state index in [1.165, 1.54) is 12.0 Å². The molecule has 0 saturated carbocycles. The Bertz CT molecular complexity index is 467. The van der Waals surface area contributed by atoms with Crippen LogP contribution in [-0.4, -0.2) is 55.1 Å². The van der Waals surface area contributed by atoms with Crippen LogP contribution < -0.4 is 5.32 Å². The van der Waals surface area contributed by atoms with E-state index in [0.717, 1.165) is 4.90 Å². The maximum atomic E-state index is 12.0. The summed E-state index contributed by atoms with van der Waals surface area (Å²) in [4.78, 5) is 25.0. The summed E-state index contributed by atoms with van der Waals surface area (Å²) in [6.07, 6.45) is 1.94. The predicted octanol–water partition coefficient (Wildman–Crippen LogP) is 1.97. The minimum atomic E-state index is -1.06. The second-order valence-electron chi connectivity index (χ2n) is 3.97. The Balaban J connectivity index is 2.70. The van der Waals surface area contributed by atoms with Gasteiger partial charge >= 0.3 is 12.0 Å². The molecular weight excluding hydrogens is 280 g/mol. The first-order valence-corrected chi connectivity index (χ1v) is 7.20. The Morgan fingerprint density at radius 2 is 2.20 bits per heavy atom. The highest BCUT2D eigenvalue weighted by Crippen LogP contribution is 2.19. The minimum absolute atomic E-state index is 0.219. The third-order valence-corrected chi connectivity index (χ3v) is 3.23. The first-order chi connectivity index (χ1) is 9.56. The standard InChI is InChI=1S/C13H18N2O4S/c1-19-7-6-15(9-12(16)17)13(18)14-10-4-3-5-11(8-10)20-2/h3-5,8H,6-7,9H2,1-2H3,(H,14,18)(H,16,17). The van der Waals surface area contributed by atoms with E-state index in [-0.39, 0.29) is 19.7 Å². The molecule has 0 radical (unpaired) electrons. The normalized spacial score (nSPS) is 10.1. The van der Waals surface area contributed by atoms with Gasteiger partial charge in [-0.05, 0) is 24.5 Å². The van der Waals surface area contributed by atoms with Crippen LogP contribution in [0.1, 0.15) is 0 Å². The zero-order chi connectivity index (χ0) is 15.0. The predicted molar refractivity (Wildman–Crippen MR) is 78.3 cm³/mol. The number of urea groups is 1. The molecule has 0 atom stereocenters. The van der Waals surface area contributed by atoms with Gasteiger partial charge in [-0.25, -0.2) is 4.79 Å². The molecule has 0 bridgehead atoms. The van der Waals surface area contributed by atoms with Crippen LogP contribution >= 0.6 is 11.8 Å². The lowest BCUT2D eigenvalue weighted by atomic mass is 10.3. The molecule has 0 saturated heterocycles. The number of thioether (sulfide) groups is 1. The number of nitrogens with one attached hydrogen (secondary N) is 1. The van der Waals surface area contributed by atoms with E-state index in [4.69, 9.17) is 9.84 Å². The first kappa shape index (κ1) is 16.3. The van der Waals surface area contributed by atoms with E-state index in [1.807, 2.05) is 24.5 Å². The summed E-state index contributed by atoms with van der Waals surface area (Å²) in [5.74, 6) is -1.06. The van der Waals surface area contributed by atoms with Crippen molar-refractivity contribution in [1.82, 2.24) is 4.90 Å². The fraction of sp³-hybridized carbons (Fsp3) is 0.385. The topological polar surface area (TPSA) is 78.9 Å². The second kappa shape index (κ2) is 8.44. The summed E-state index contributed by atoms with van der Waals surface area (Å²) in [6, 6.07) is 6.89. The van der Waals surface area contributed by atoms with Gasteiger partial charge in [-0.3, -0.25) is 4.79 Å². The Labute approximate surface area is 122 Å². The van der Waals surface area contributed by atoms with Crippen molar-refractivity contribution < 1.29 is 19.4 Å². The summed E-state index contributed by atoms with van der Waals surface area (Å²) in [5, 5.41) is 11.5. The van der Waals surface area contributed by atoms with Gasteiger partial charge in [-0.15, -0.1) is 11.8 Å². The zero-order valence-electron chi connectivity index (χ0n) is 11.5. The van der Waals surface area contributed by atoms with E-state index in [0.29, 0.717) is 5.69 Å². The highest BCUT2D eigenvalue weighted by molar-refractivity contribution is 7.98. The molecule has 0 aromatic heterocycles. The van der Waals surface area contributed by atoms with Crippen LogP contribution in [-0.2, 0) is 9.53 Å². The van der Waals surface area contributed by atoms with Gasteiger partial charge < -0.3 is 20.1 Å². The molecule has 0 aliphatic rings. The number of hydrogen-bond donors (Lipinski definition) is 2. The zero-order valence-corrected chi connectivity index (χ0v) is 12.3. The van der Waals surface area contributed by atoms with Crippen LogP contribution in [0.15, 0.2) is 29.2 Å². The van der Waals surface area contributed by atoms with Crippen molar-refractivity contribution in [2.75, 3.05) is 38.4 Å². The van der Waals surface area contributed by atoms with Crippen molar-refractivity contribution in [3.63, 3.8) is 0 Å². The molecule has 20 heavy (non-hydrogen) atoms. The number of ether oxygens (including phenoxy) is 1. The fourth-order valence-corrected chi connectivity index (χ4v) is 1.98. The molecule has 0 unspecified atom stereocenters. The maximum Gasteiger partial charge on any atom is 0.323 e. The number of amides is 2. The van der Waals surface area contributed by atoms with Crippen LogP contribution in [0.3, 0.4) is 0 Å². The largest absolute Gasteiger partial charge is 0.480 e. The smallest absolute Gasteiger partial charge is 0.323 e. The highest BCUT2D eigenvalue weighted by atomic mass is 32.2. The molecule has 6 nitrogen and oxygen atoms in total. The van der Waals surface area contributed by atoms with E-state index >= 15 is 0 Å². The SMILES string of the molecule is COCCN(CC(=O)O)C(=O)Nc1cccc(SC)c1. The molecule has 0 heterocycles. The first-order valence-electron chi connectivity index (χ1n) is 5.97. The van der Waals surface area contributed by atoms with E-state index < -0.39 is 12.0 Å². The molecule has 0 spiro atoms. The monoisotopic (exact) mass is 298 g/mol. The maximum absolute atomic E-state index is 12.0. The molecule has 0 aliphatic heterocycles. The number of hydrogen-bond acceptors (Lipinski definition) is 4. The van der Waals surface area contributed by atoms with E-state index in [2.05, 4.69) is 5.32 Å². The number of benzene rings is 1.